The van der Waals surface area contributed by atoms with Gasteiger partial charge in [0.2, 0.25) is 17.7 Å². The fraction of sp³-hybridized carbons (Fsp3) is 0.409. The summed E-state index contributed by atoms with van der Waals surface area (Å²) >= 11 is 0. The molecule has 1 aromatic heterocycles. The molecule has 11 nitrogen and oxygen atoms in total. The second-order valence-electron chi connectivity index (χ2n) is 7.94. The van der Waals surface area contributed by atoms with Crippen molar-refractivity contribution in [1.82, 2.24) is 25.5 Å². The van der Waals surface area contributed by atoms with E-state index in [1.165, 1.54) is 17.4 Å². The standard InChI is InChI=1S/C22H28N6O5/c23-16(9-14-5-2-1-3-6-14)20(30)25-12-19(29)27-17(10-15-11-24-13-26-15)21(31)28-8-4-7-18(28)22(32)33/h1-3,5-6,11,13,16-18H,4,7-10,12,23H2,(H,24,26)(H,25,30)(H,27,29)(H,32,33). The van der Waals surface area contributed by atoms with Gasteiger partial charge in [0.15, 0.2) is 0 Å². The smallest absolute Gasteiger partial charge is 0.326 e. The maximum Gasteiger partial charge on any atom is 0.326 e. The van der Waals surface area contributed by atoms with E-state index in [-0.39, 0.29) is 13.0 Å². The first-order valence-corrected chi connectivity index (χ1v) is 10.7. The zero-order chi connectivity index (χ0) is 23.8. The molecular formula is C22H28N6O5. The molecular weight excluding hydrogens is 428 g/mol. The molecule has 1 aromatic carbocycles. The zero-order valence-corrected chi connectivity index (χ0v) is 18.1. The number of nitrogens with one attached hydrogen (secondary N) is 3. The first-order valence-electron chi connectivity index (χ1n) is 10.7. The van der Waals surface area contributed by atoms with Crippen LogP contribution in [0.15, 0.2) is 42.9 Å². The zero-order valence-electron chi connectivity index (χ0n) is 18.1. The number of likely N-dealkylation sites (tertiary alicyclic amines) is 1. The summed E-state index contributed by atoms with van der Waals surface area (Å²) in [6.45, 7) is -0.0628. The Hall–Kier alpha value is -3.73. The number of carboxylic acid groups (broad SMARTS) is 1. The third kappa shape index (κ3) is 6.62. The minimum Gasteiger partial charge on any atom is -0.480 e. The SMILES string of the molecule is NC(Cc1ccccc1)C(=O)NCC(=O)NC(Cc1cnc[nH]1)C(=O)N1CCCC1C(=O)O. The first-order chi connectivity index (χ1) is 15.8. The van der Waals surface area contributed by atoms with Crippen molar-refractivity contribution >= 4 is 23.7 Å². The molecule has 2 aromatic rings. The molecule has 3 atom stereocenters. The monoisotopic (exact) mass is 456 g/mol. The molecule has 3 rings (SSSR count). The third-order valence-corrected chi connectivity index (χ3v) is 5.49. The highest BCUT2D eigenvalue weighted by Gasteiger charge is 2.37. The number of carboxylic acids is 1. The predicted octanol–water partition coefficient (Wildman–Crippen LogP) is -0.801. The number of hydrogen-bond acceptors (Lipinski definition) is 6. The van der Waals surface area contributed by atoms with Gasteiger partial charge in [-0.1, -0.05) is 30.3 Å². The quantitative estimate of drug-likeness (QED) is 0.311. The molecule has 176 valence electrons. The number of carbonyl (C=O) groups is 4. The van der Waals surface area contributed by atoms with E-state index in [0.717, 1.165) is 5.56 Å². The van der Waals surface area contributed by atoms with E-state index in [0.29, 0.717) is 31.5 Å². The molecule has 1 saturated heterocycles. The number of rotatable bonds is 10. The maximum absolute atomic E-state index is 13.1. The van der Waals surface area contributed by atoms with Crippen LogP contribution in [0.2, 0.25) is 0 Å². The summed E-state index contributed by atoms with van der Waals surface area (Å²) in [7, 11) is 0. The summed E-state index contributed by atoms with van der Waals surface area (Å²) < 4.78 is 0. The van der Waals surface area contributed by atoms with Crippen molar-refractivity contribution in [3.8, 4) is 0 Å². The van der Waals surface area contributed by atoms with Gasteiger partial charge in [-0.25, -0.2) is 9.78 Å². The summed E-state index contributed by atoms with van der Waals surface area (Å²) in [6, 6.07) is 6.51. The van der Waals surface area contributed by atoms with E-state index < -0.39 is 41.8 Å². The molecule has 3 amide bonds. The van der Waals surface area contributed by atoms with Gasteiger partial charge in [0, 0.05) is 24.9 Å². The molecule has 3 unspecified atom stereocenters. The Morgan fingerprint density at radius 1 is 1.21 bits per heavy atom. The van der Waals surface area contributed by atoms with E-state index >= 15 is 0 Å². The minimum absolute atomic E-state index is 0.106. The van der Waals surface area contributed by atoms with Crippen LogP contribution < -0.4 is 16.4 Å². The second-order valence-corrected chi connectivity index (χ2v) is 7.94. The van der Waals surface area contributed by atoms with Crippen LogP contribution in [0.1, 0.15) is 24.1 Å². The van der Waals surface area contributed by atoms with E-state index in [1.807, 2.05) is 30.3 Å². The van der Waals surface area contributed by atoms with Crippen molar-refractivity contribution in [3.05, 3.63) is 54.1 Å². The van der Waals surface area contributed by atoms with Gasteiger partial charge in [-0.3, -0.25) is 14.4 Å². The number of hydrogen-bond donors (Lipinski definition) is 5. The van der Waals surface area contributed by atoms with Crippen molar-refractivity contribution in [2.75, 3.05) is 13.1 Å². The Morgan fingerprint density at radius 3 is 2.64 bits per heavy atom. The van der Waals surface area contributed by atoms with E-state index in [4.69, 9.17) is 5.73 Å². The highest BCUT2D eigenvalue weighted by Crippen LogP contribution is 2.19. The molecule has 2 heterocycles. The number of imidazole rings is 1. The number of nitrogens with zero attached hydrogens (tertiary/aromatic N) is 2. The maximum atomic E-state index is 13.1. The van der Waals surface area contributed by atoms with Crippen LogP contribution in [0.3, 0.4) is 0 Å². The third-order valence-electron chi connectivity index (χ3n) is 5.49. The van der Waals surface area contributed by atoms with Crippen LogP contribution in [-0.2, 0) is 32.0 Å². The second kappa shape index (κ2) is 11.2. The fourth-order valence-corrected chi connectivity index (χ4v) is 3.81. The molecule has 0 radical (unpaired) electrons. The number of aromatic amines is 1. The summed E-state index contributed by atoms with van der Waals surface area (Å²) in [5, 5.41) is 14.5. The van der Waals surface area contributed by atoms with Crippen LogP contribution in [0.5, 0.6) is 0 Å². The van der Waals surface area contributed by atoms with Gasteiger partial charge >= 0.3 is 5.97 Å². The normalized spacial score (nSPS) is 17.2. The summed E-state index contributed by atoms with van der Waals surface area (Å²) in [4.78, 5) is 57.4. The van der Waals surface area contributed by atoms with E-state index in [1.54, 1.807) is 0 Å². The largest absolute Gasteiger partial charge is 0.480 e. The van der Waals surface area contributed by atoms with Gasteiger partial charge in [0.05, 0.1) is 18.9 Å². The molecule has 1 aliphatic rings. The summed E-state index contributed by atoms with van der Waals surface area (Å²) in [6.07, 6.45) is 4.33. The Bertz CT molecular complexity index is 965. The van der Waals surface area contributed by atoms with Crippen molar-refractivity contribution in [3.63, 3.8) is 0 Å². The van der Waals surface area contributed by atoms with Crippen molar-refractivity contribution in [1.29, 1.82) is 0 Å². The van der Waals surface area contributed by atoms with E-state index in [9.17, 15) is 24.3 Å². The first kappa shape index (κ1) is 23.9. The number of nitrogens with two attached hydrogens (primary N) is 1. The van der Waals surface area contributed by atoms with Crippen LogP contribution in [0.25, 0.3) is 0 Å². The Kier molecular flexibility index (Phi) is 8.14. The van der Waals surface area contributed by atoms with Gasteiger partial charge in [-0.2, -0.15) is 0 Å². The Balaban J connectivity index is 1.58. The molecule has 0 aliphatic carbocycles. The Morgan fingerprint density at radius 2 is 1.97 bits per heavy atom. The van der Waals surface area contributed by atoms with Gasteiger partial charge in [-0.05, 0) is 24.8 Å². The van der Waals surface area contributed by atoms with Crippen LogP contribution in [0, 0.1) is 0 Å². The number of amides is 3. The van der Waals surface area contributed by atoms with Gasteiger partial charge in [-0.15, -0.1) is 0 Å². The molecule has 1 fully saturated rings. The summed E-state index contributed by atoms with van der Waals surface area (Å²) in [5.41, 5.74) is 7.43. The van der Waals surface area contributed by atoms with Crippen molar-refractivity contribution in [2.24, 2.45) is 5.73 Å². The van der Waals surface area contributed by atoms with Gasteiger partial charge in [0.25, 0.3) is 0 Å². The molecule has 0 saturated carbocycles. The molecule has 33 heavy (non-hydrogen) atoms. The molecule has 0 bridgehead atoms. The van der Waals surface area contributed by atoms with Crippen molar-refractivity contribution < 1.29 is 24.3 Å². The van der Waals surface area contributed by atoms with Crippen LogP contribution in [0.4, 0.5) is 0 Å². The lowest BCUT2D eigenvalue weighted by Gasteiger charge is -2.27. The number of carbonyl (C=O) groups excluding carboxylic acids is 3. The molecule has 0 spiro atoms. The highest BCUT2D eigenvalue weighted by atomic mass is 16.4. The average Bonchev–Trinajstić information content (AvgIpc) is 3.49. The average molecular weight is 457 g/mol. The van der Waals surface area contributed by atoms with Gasteiger partial charge in [0.1, 0.15) is 12.1 Å². The molecule has 1 aliphatic heterocycles. The molecule has 6 N–H and O–H groups in total. The lowest BCUT2D eigenvalue weighted by molar-refractivity contribution is -0.149. The van der Waals surface area contributed by atoms with Crippen LogP contribution >= 0.6 is 0 Å². The fourth-order valence-electron chi connectivity index (χ4n) is 3.81. The predicted molar refractivity (Wildman–Crippen MR) is 118 cm³/mol. The van der Waals surface area contributed by atoms with Gasteiger partial charge < -0.3 is 31.4 Å². The number of aliphatic carboxylic acids is 1. The van der Waals surface area contributed by atoms with Crippen molar-refractivity contribution in [2.45, 2.75) is 43.8 Å². The highest BCUT2D eigenvalue weighted by molar-refractivity contribution is 5.93. The van der Waals surface area contributed by atoms with Crippen LogP contribution in [-0.4, -0.2) is 74.9 Å². The number of H-pyrrole nitrogens is 1. The minimum atomic E-state index is -1.08. The number of aromatic nitrogens is 2. The molecule has 11 heteroatoms. The summed E-state index contributed by atoms with van der Waals surface area (Å²) in [5.74, 6) is -2.64. The lowest BCUT2D eigenvalue weighted by atomic mass is 10.1. The lowest BCUT2D eigenvalue weighted by Crippen LogP contribution is -2.54. The topological polar surface area (TPSA) is 171 Å². The van der Waals surface area contributed by atoms with E-state index in [2.05, 4.69) is 20.6 Å². The Labute approximate surface area is 190 Å². The number of benzene rings is 1.